The van der Waals surface area contributed by atoms with E-state index in [2.05, 4.69) is 48.7 Å². The van der Waals surface area contributed by atoms with Crippen LogP contribution in [0.5, 0.6) is 0 Å². The molecule has 0 saturated heterocycles. The third-order valence-corrected chi connectivity index (χ3v) is 2.74. The summed E-state index contributed by atoms with van der Waals surface area (Å²) >= 11 is 0. The molecule has 1 heterocycles. The second-order valence-corrected chi connectivity index (χ2v) is 4.08. The second-order valence-electron chi connectivity index (χ2n) is 4.08. The van der Waals surface area contributed by atoms with Gasteiger partial charge in [0.25, 0.3) is 0 Å². The Morgan fingerprint density at radius 1 is 1.56 bits per heavy atom. The van der Waals surface area contributed by atoms with E-state index in [0.29, 0.717) is 6.04 Å². The van der Waals surface area contributed by atoms with Crippen LogP contribution in [0, 0.1) is 0 Å². The maximum absolute atomic E-state index is 4.53. The van der Waals surface area contributed by atoms with Crippen LogP contribution in [0.2, 0.25) is 0 Å². The zero-order chi connectivity index (χ0) is 11.8. The van der Waals surface area contributed by atoms with Crippen LogP contribution >= 0.6 is 0 Å². The van der Waals surface area contributed by atoms with Gasteiger partial charge in [0.2, 0.25) is 0 Å². The molecule has 0 aliphatic heterocycles. The van der Waals surface area contributed by atoms with E-state index in [1.165, 1.54) is 0 Å². The summed E-state index contributed by atoms with van der Waals surface area (Å²) < 4.78 is 2.04. The highest BCUT2D eigenvalue weighted by atomic mass is 15.3. The summed E-state index contributed by atoms with van der Waals surface area (Å²) in [4.78, 5) is 0. The van der Waals surface area contributed by atoms with Gasteiger partial charge in [-0.25, -0.2) is 0 Å². The van der Waals surface area contributed by atoms with Crippen molar-refractivity contribution in [1.29, 1.82) is 0 Å². The van der Waals surface area contributed by atoms with E-state index in [9.17, 15) is 0 Å². The van der Waals surface area contributed by atoms with E-state index >= 15 is 0 Å². The molecule has 0 saturated carbocycles. The van der Waals surface area contributed by atoms with Crippen LogP contribution in [0.3, 0.4) is 0 Å². The minimum Gasteiger partial charge on any atom is -0.311 e. The topological polar surface area (TPSA) is 29.9 Å². The van der Waals surface area contributed by atoms with Crippen LogP contribution in [0.1, 0.15) is 45.3 Å². The first-order valence-corrected chi connectivity index (χ1v) is 6.13. The van der Waals surface area contributed by atoms with Gasteiger partial charge in [0.15, 0.2) is 0 Å². The van der Waals surface area contributed by atoms with E-state index in [1.807, 2.05) is 11.6 Å². The monoisotopic (exact) mass is 221 g/mol. The number of aromatic nitrogens is 2. The lowest BCUT2D eigenvalue weighted by atomic mass is 10.3. The first-order valence-electron chi connectivity index (χ1n) is 6.13. The van der Waals surface area contributed by atoms with Gasteiger partial charge < -0.3 is 5.32 Å². The molecule has 0 spiro atoms. The molecule has 0 aliphatic rings. The number of hydrogen-bond acceptors (Lipinski definition) is 2. The van der Waals surface area contributed by atoms with Crippen molar-refractivity contribution in [2.75, 3.05) is 6.54 Å². The fraction of sp³-hybridized carbons (Fsp3) is 0.615. The van der Waals surface area contributed by atoms with Crippen LogP contribution in [0.25, 0.3) is 0 Å². The average molecular weight is 221 g/mol. The Morgan fingerprint density at radius 2 is 2.38 bits per heavy atom. The van der Waals surface area contributed by atoms with Gasteiger partial charge in [0.1, 0.15) is 0 Å². The van der Waals surface area contributed by atoms with Crippen molar-refractivity contribution >= 4 is 0 Å². The maximum Gasteiger partial charge on any atom is 0.0762 e. The predicted octanol–water partition coefficient (Wildman–Crippen LogP) is 2.91. The van der Waals surface area contributed by atoms with Crippen molar-refractivity contribution in [3.05, 3.63) is 30.1 Å². The molecule has 0 radical (unpaired) electrons. The zero-order valence-electron chi connectivity index (χ0n) is 10.6. The molecule has 1 rings (SSSR count). The molecule has 1 N–H and O–H groups in total. The van der Waals surface area contributed by atoms with E-state index in [-0.39, 0.29) is 0 Å². The van der Waals surface area contributed by atoms with Gasteiger partial charge in [-0.1, -0.05) is 19.1 Å². The summed E-state index contributed by atoms with van der Waals surface area (Å²) in [5.74, 6) is 0. The first kappa shape index (κ1) is 13.0. The highest BCUT2D eigenvalue weighted by molar-refractivity contribution is 4.99. The van der Waals surface area contributed by atoms with Crippen molar-refractivity contribution in [1.82, 2.24) is 15.1 Å². The zero-order valence-corrected chi connectivity index (χ0v) is 10.6. The Bertz CT molecular complexity index is 315. The van der Waals surface area contributed by atoms with E-state index in [1.54, 1.807) is 0 Å². The number of allylic oxidation sites excluding steroid dienone is 1. The van der Waals surface area contributed by atoms with Gasteiger partial charge in [0, 0.05) is 18.8 Å². The molecule has 0 bridgehead atoms. The van der Waals surface area contributed by atoms with Gasteiger partial charge in [0.05, 0.1) is 5.69 Å². The minimum absolute atomic E-state index is 0.497. The molecular formula is C13H23N3. The molecule has 16 heavy (non-hydrogen) atoms. The molecule has 0 aromatic carbocycles. The summed E-state index contributed by atoms with van der Waals surface area (Å²) in [6.45, 7) is 8.30. The van der Waals surface area contributed by atoms with Crippen LogP contribution in [0.4, 0.5) is 0 Å². The molecule has 0 aliphatic carbocycles. The lowest BCUT2D eigenvalue weighted by Gasteiger charge is -2.08. The van der Waals surface area contributed by atoms with Gasteiger partial charge in [-0.3, -0.25) is 4.68 Å². The molecule has 1 aromatic heterocycles. The van der Waals surface area contributed by atoms with Gasteiger partial charge in [-0.2, -0.15) is 5.10 Å². The third kappa shape index (κ3) is 4.19. The minimum atomic E-state index is 0.497. The summed E-state index contributed by atoms with van der Waals surface area (Å²) in [5.41, 5.74) is 1.13. The number of rotatable bonds is 7. The fourth-order valence-electron chi connectivity index (χ4n) is 1.47. The Labute approximate surface area is 98.5 Å². The molecule has 1 aromatic rings. The van der Waals surface area contributed by atoms with E-state index in [4.69, 9.17) is 0 Å². The van der Waals surface area contributed by atoms with Gasteiger partial charge in [-0.15, -0.1) is 0 Å². The third-order valence-electron chi connectivity index (χ3n) is 2.74. The highest BCUT2D eigenvalue weighted by Crippen LogP contribution is 2.08. The largest absolute Gasteiger partial charge is 0.311 e. The average Bonchev–Trinajstić information content (AvgIpc) is 2.76. The molecular weight excluding hydrogens is 198 g/mol. The highest BCUT2D eigenvalue weighted by Gasteiger charge is 2.03. The molecule has 0 fully saturated rings. The number of nitrogens with zero attached hydrogens (tertiary/aromatic N) is 2. The predicted molar refractivity (Wildman–Crippen MR) is 68.4 cm³/mol. The van der Waals surface area contributed by atoms with Crippen molar-refractivity contribution in [2.45, 2.75) is 46.2 Å². The van der Waals surface area contributed by atoms with Crippen LogP contribution in [-0.4, -0.2) is 16.3 Å². The van der Waals surface area contributed by atoms with Crippen molar-refractivity contribution in [2.24, 2.45) is 0 Å². The SMILES string of the molecule is C/C=C/CCNCc1ccn(C(C)CC)n1. The lowest BCUT2D eigenvalue weighted by Crippen LogP contribution is -2.15. The number of hydrogen-bond donors (Lipinski definition) is 1. The molecule has 0 amide bonds. The summed E-state index contributed by atoms with van der Waals surface area (Å²) in [6, 6.07) is 2.59. The molecule has 3 nitrogen and oxygen atoms in total. The van der Waals surface area contributed by atoms with Crippen molar-refractivity contribution in [3.8, 4) is 0 Å². The molecule has 3 heteroatoms. The van der Waals surface area contributed by atoms with Crippen molar-refractivity contribution < 1.29 is 0 Å². The smallest absolute Gasteiger partial charge is 0.0762 e. The molecule has 1 atom stereocenters. The van der Waals surface area contributed by atoms with E-state index in [0.717, 1.165) is 31.6 Å². The number of nitrogens with one attached hydrogen (secondary N) is 1. The fourth-order valence-corrected chi connectivity index (χ4v) is 1.47. The maximum atomic E-state index is 4.53. The summed E-state index contributed by atoms with van der Waals surface area (Å²) in [6.07, 6.45) is 8.53. The lowest BCUT2D eigenvalue weighted by molar-refractivity contribution is 0.471. The Morgan fingerprint density at radius 3 is 3.06 bits per heavy atom. The Kier molecular flexibility index (Phi) is 5.86. The van der Waals surface area contributed by atoms with Crippen LogP contribution in [-0.2, 0) is 6.54 Å². The van der Waals surface area contributed by atoms with Crippen molar-refractivity contribution in [3.63, 3.8) is 0 Å². The van der Waals surface area contributed by atoms with Crippen LogP contribution in [0.15, 0.2) is 24.4 Å². The Balaban J connectivity index is 2.29. The normalized spacial score (nSPS) is 13.4. The van der Waals surface area contributed by atoms with Crippen LogP contribution < -0.4 is 5.32 Å². The van der Waals surface area contributed by atoms with Gasteiger partial charge in [-0.05, 0) is 39.3 Å². The Hall–Kier alpha value is -1.09. The first-order chi connectivity index (χ1) is 7.77. The molecule has 1 unspecified atom stereocenters. The second kappa shape index (κ2) is 7.23. The molecule has 90 valence electrons. The summed E-state index contributed by atoms with van der Waals surface area (Å²) in [5, 5.41) is 7.91. The van der Waals surface area contributed by atoms with Gasteiger partial charge >= 0.3 is 0 Å². The quantitative estimate of drug-likeness (QED) is 0.567. The van der Waals surface area contributed by atoms with E-state index < -0.39 is 0 Å². The summed E-state index contributed by atoms with van der Waals surface area (Å²) in [7, 11) is 0. The standard InChI is InChI=1S/C13H23N3/c1-4-6-7-9-14-11-13-8-10-16(15-13)12(3)5-2/h4,6,8,10,12,14H,5,7,9,11H2,1-3H3/b6-4+.